The first-order valence-corrected chi connectivity index (χ1v) is 8.21. The Hall–Kier alpha value is -2.62. The number of anilines is 1. The van der Waals surface area contributed by atoms with Gasteiger partial charge in [0.2, 0.25) is 11.8 Å². The zero-order valence-corrected chi connectivity index (χ0v) is 14.4. The van der Waals surface area contributed by atoms with Gasteiger partial charge < -0.3 is 10.6 Å². The number of carbonyl (C=O) groups excluding carboxylic acids is 2. The van der Waals surface area contributed by atoms with Crippen molar-refractivity contribution in [3.8, 4) is 0 Å². The van der Waals surface area contributed by atoms with Gasteiger partial charge in [-0.1, -0.05) is 55.0 Å². The Balaban J connectivity index is 2.12. The summed E-state index contributed by atoms with van der Waals surface area (Å²) in [4.78, 5) is 23.9. The van der Waals surface area contributed by atoms with Crippen LogP contribution in [0.25, 0.3) is 0 Å². The molecule has 0 fully saturated rings. The fraction of sp³-hybridized carbons (Fsp3) is 0.300. The molecule has 0 spiro atoms. The minimum Gasteiger partial charge on any atom is -0.349 e. The molecule has 2 aromatic carbocycles. The Kier molecular flexibility index (Phi) is 6.13. The van der Waals surface area contributed by atoms with Gasteiger partial charge in [0.15, 0.2) is 0 Å². The maximum atomic E-state index is 12.5. The Labute approximate surface area is 143 Å². The summed E-state index contributed by atoms with van der Waals surface area (Å²) in [6.45, 7) is 5.52. The third kappa shape index (κ3) is 4.95. The van der Waals surface area contributed by atoms with E-state index >= 15 is 0 Å². The molecule has 2 rings (SSSR count). The van der Waals surface area contributed by atoms with Crippen LogP contribution in [0.3, 0.4) is 0 Å². The van der Waals surface area contributed by atoms with E-state index in [9.17, 15) is 9.59 Å². The Bertz CT molecular complexity index is 708. The van der Waals surface area contributed by atoms with Crippen molar-refractivity contribution in [2.24, 2.45) is 0 Å². The predicted octanol–water partition coefficient (Wildman–Crippen LogP) is 3.76. The van der Waals surface area contributed by atoms with E-state index in [1.807, 2.05) is 55.5 Å². The first kappa shape index (κ1) is 17.7. The molecule has 0 aliphatic heterocycles. The summed E-state index contributed by atoms with van der Waals surface area (Å²) < 4.78 is 0. The van der Waals surface area contributed by atoms with Crippen molar-refractivity contribution in [1.29, 1.82) is 0 Å². The lowest BCUT2D eigenvalue weighted by atomic mass is 10.0. The first-order valence-electron chi connectivity index (χ1n) is 8.21. The SMILES string of the molecule is CCc1ccccc1NC(=O)CC(NC(C)=O)c1ccc(C)cc1. The summed E-state index contributed by atoms with van der Waals surface area (Å²) in [5, 5.41) is 5.82. The van der Waals surface area contributed by atoms with Gasteiger partial charge in [-0.2, -0.15) is 0 Å². The highest BCUT2D eigenvalue weighted by atomic mass is 16.2. The Morgan fingerprint density at radius 1 is 1.04 bits per heavy atom. The topological polar surface area (TPSA) is 58.2 Å². The monoisotopic (exact) mass is 324 g/mol. The maximum Gasteiger partial charge on any atom is 0.226 e. The molecule has 0 aliphatic carbocycles. The Morgan fingerprint density at radius 2 is 1.71 bits per heavy atom. The van der Waals surface area contributed by atoms with Crippen LogP contribution in [0.15, 0.2) is 48.5 Å². The average molecular weight is 324 g/mol. The fourth-order valence-corrected chi connectivity index (χ4v) is 2.63. The minimum atomic E-state index is -0.336. The highest BCUT2D eigenvalue weighted by Crippen LogP contribution is 2.20. The lowest BCUT2D eigenvalue weighted by Gasteiger charge is -2.19. The lowest BCUT2D eigenvalue weighted by Crippen LogP contribution is -2.29. The molecular weight excluding hydrogens is 300 g/mol. The average Bonchev–Trinajstić information content (AvgIpc) is 2.55. The van der Waals surface area contributed by atoms with Crippen molar-refractivity contribution in [2.75, 3.05) is 5.32 Å². The molecule has 1 atom stereocenters. The number of aryl methyl sites for hydroxylation is 2. The van der Waals surface area contributed by atoms with E-state index in [4.69, 9.17) is 0 Å². The molecule has 0 heterocycles. The second kappa shape index (κ2) is 8.29. The number of carbonyl (C=O) groups is 2. The van der Waals surface area contributed by atoms with Crippen molar-refractivity contribution in [1.82, 2.24) is 5.32 Å². The molecule has 0 bridgehead atoms. The van der Waals surface area contributed by atoms with Gasteiger partial charge >= 0.3 is 0 Å². The third-order valence-corrected chi connectivity index (χ3v) is 3.92. The highest BCUT2D eigenvalue weighted by Gasteiger charge is 2.17. The number of nitrogens with one attached hydrogen (secondary N) is 2. The van der Waals surface area contributed by atoms with Crippen LogP contribution in [-0.2, 0) is 16.0 Å². The zero-order valence-electron chi connectivity index (χ0n) is 14.4. The smallest absolute Gasteiger partial charge is 0.226 e. The van der Waals surface area contributed by atoms with Gasteiger partial charge in [-0.3, -0.25) is 9.59 Å². The second-order valence-corrected chi connectivity index (χ2v) is 5.93. The Morgan fingerprint density at radius 3 is 2.33 bits per heavy atom. The molecule has 0 aliphatic rings. The van der Waals surface area contributed by atoms with Crippen LogP contribution in [0.5, 0.6) is 0 Å². The number of benzene rings is 2. The van der Waals surface area contributed by atoms with E-state index in [2.05, 4.69) is 17.6 Å². The van der Waals surface area contributed by atoms with Crippen molar-refractivity contribution < 1.29 is 9.59 Å². The van der Waals surface area contributed by atoms with Crippen LogP contribution in [0.2, 0.25) is 0 Å². The van der Waals surface area contributed by atoms with Gasteiger partial charge in [0.25, 0.3) is 0 Å². The normalized spacial score (nSPS) is 11.6. The molecule has 4 heteroatoms. The number of hydrogen-bond donors (Lipinski definition) is 2. The number of amides is 2. The van der Waals surface area contributed by atoms with Crippen LogP contribution < -0.4 is 10.6 Å². The van der Waals surface area contributed by atoms with Crippen molar-refractivity contribution in [3.63, 3.8) is 0 Å². The molecule has 0 saturated carbocycles. The van der Waals surface area contributed by atoms with Gasteiger partial charge in [-0.25, -0.2) is 0 Å². The molecular formula is C20H24N2O2. The lowest BCUT2D eigenvalue weighted by molar-refractivity contribution is -0.120. The minimum absolute atomic E-state index is 0.116. The fourth-order valence-electron chi connectivity index (χ4n) is 2.63. The molecule has 126 valence electrons. The molecule has 2 amide bonds. The standard InChI is InChI=1S/C20H24N2O2/c1-4-16-7-5-6-8-18(16)22-20(24)13-19(21-15(3)23)17-11-9-14(2)10-12-17/h5-12,19H,4,13H2,1-3H3,(H,21,23)(H,22,24). The highest BCUT2D eigenvalue weighted by molar-refractivity contribution is 5.92. The molecule has 1 unspecified atom stereocenters. The predicted molar refractivity (Wildman–Crippen MR) is 96.8 cm³/mol. The molecule has 24 heavy (non-hydrogen) atoms. The van der Waals surface area contributed by atoms with E-state index in [0.717, 1.165) is 28.8 Å². The summed E-state index contributed by atoms with van der Waals surface area (Å²) >= 11 is 0. The third-order valence-electron chi connectivity index (χ3n) is 3.92. The van der Waals surface area contributed by atoms with Gasteiger partial charge in [0.1, 0.15) is 0 Å². The zero-order chi connectivity index (χ0) is 17.5. The van der Waals surface area contributed by atoms with E-state index in [0.29, 0.717) is 0 Å². The number of para-hydroxylation sites is 1. The molecule has 0 aromatic heterocycles. The molecule has 2 aromatic rings. The van der Waals surface area contributed by atoms with E-state index in [-0.39, 0.29) is 24.3 Å². The maximum absolute atomic E-state index is 12.5. The summed E-state index contributed by atoms with van der Waals surface area (Å²) in [7, 11) is 0. The second-order valence-electron chi connectivity index (χ2n) is 5.93. The van der Waals surface area contributed by atoms with Crippen molar-refractivity contribution in [2.45, 2.75) is 39.7 Å². The van der Waals surface area contributed by atoms with Crippen LogP contribution in [0.1, 0.15) is 43.0 Å². The molecule has 0 saturated heterocycles. The van der Waals surface area contributed by atoms with Crippen LogP contribution in [-0.4, -0.2) is 11.8 Å². The quantitative estimate of drug-likeness (QED) is 0.850. The molecule has 4 nitrogen and oxygen atoms in total. The van der Waals surface area contributed by atoms with Gasteiger partial charge in [-0.05, 0) is 30.5 Å². The number of hydrogen-bond acceptors (Lipinski definition) is 2. The van der Waals surface area contributed by atoms with Gasteiger partial charge in [-0.15, -0.1) is 0 Å². The van der Waals surface area contributed by atoms with Gasteiger partial charge in [0.05, 0.1) is 12.5 Å². The van der Waals surface area contributed by atoms with Crippen molar-refractivity contribution in [3.05, 3.63) is 65.2 Å². The van der Waals surface area contributed by atoms with Crippen LogP contribution >= 0.6 is 0 Å². The van der Waals surface area contributed by atoms with E-state index < -0.39 is 0 Å². The first-order chi connectivity index (χ1) is 11.5. The summed E-state index contributed by atoms with van der Waals surface area (Å²) in [5.74, 6) is -0.266. The largest absolute Gasteiger partial charge is 0.349 e. The molecule has 0 radical (unpaired) electrons. The summed E-state index contributed by atoms with van der Waals surface area (Å²) in [6.07, 6.45) is 1.05. The summed E-state index contributed by atoms with van der Waals surface area (Å²) in [6, 6.07) is 15.3. The van der Waals surface area contributed by atoms with Gasteiger partial charge in [0, 0.05) is 12.6 Å². The van der Waals surface area contributed by atoms with Crippen LogP contribution in [0.4, 0.5) is 5.69 Å². The molecule has 2 N–H and O–H groups in total. The van der Waals surface area contributed by atoms with Crippen molar-refractivity contribution >= 4 is 17.5 Å². The van der Waals surface area contributed by atoms with E-state index in [1.165, 1.54) is 6.92 Å². The number of rotatable bonds is 6. The van der Waals surface area contributed by atoms with E-state index in [1.54, 1.807) is 0 Å². The summed E-state index contributed by atoms with van der Waals surface area (Å²) in [5.41, 5.74) is 3.99. The van der Waals surface area contributed by atoms with Crippen LogP contribution in [0, 0.1) is 6.92 Å².